The summed E-state index contributed by atoms with van der Waals surface area (Å²) < 4.78 is 0. The number of aliphatic hydroxyl groups is 1. The van der Waals surface area contributed by atoms with E-state index >= 15 is 0 Å². The first-order chi connectivity index (χ1) is 19.0. The third kappa shape index (κ3) is 8.13. The number of imidazole rings is 1. The third-order valence-corrected chi connectivity index (χ3v) is 6.45. The number of hydrogen-bond donors (Lipinski definition) is 8. The van der Waals surface area contributed by atoms with Crippen LogP contribution < -0.4 is 21.7 Å². The zero-order chi connectivity index (χ0) is 29.4. The number of hydrogen-bond acceptors (Lipinski definition) is 7. The number of carboxylic acids is 1. The normalized spacial score (nSPS) is 15.2. The van der Waals surface area contributed by atoms with E-state index in [2.05, 4.69) is 30.9 Å². The Morgan fingerprint density at radius 2 is 1.65 bits per heavy atom. The van der Waals surface area contributed by atoms with Gasteiger partial charge in [0, 0.05) is 41.8 Å². The van der Waals surface area contributed by atoms with Crippen molar-refractivity contribution >= 4 is 34.6 Å². The Hall–Kier alpha value is -4.23. The number of nitrogens with zero attached hydrogens (tertiary/aromatic N) is 1. The lowest BCUT2D eigenvalue weighted by Gasteiger charge is -2.26. The van der Waals surface area contributed by atoms with Crippen LogP contribution in [0.1, 0.15) is 38.4 Å². The fourth-order valence-corrected chi connectivity index (χ4v) is 4.36. The van der Waals surface area contributed by atoms with E-state index in [9.17, 15) is 29.4 Å². The van der Waals surface area contributed by atoms with Crippen molar-refractivity contribution in [3.63, 3.8) is 0 Å². The zero-order valence-corrected chi connectivity index (χ0v) is 22.7. The Labute approximate surface area is 231 Å². The van der Waals surface area contributed by atoms with Crippen LogP contribution in [-0.4, -0.2) is 79.1 Å². The lowest BCUT2D eigenvalue weighted by molar-refractivity contribution is -0.143. The number of aromatic amines is 2. The molecule has 0 bridgehead atoms. The van der Waals surface area contributed by atoms with Crippen LogP contribution in [0, 0.1) is 5.92 Å². The summed E-state index contributed by atoms with van der Waals surface area (Å²) in [4.78, 5) is 61.0. The molecular weight excluding hydrogens is 518 g/mol. The van der Waals surface area contributed by atoms with Gasteiger partial charge in [-0.15, -0.1) is 0 Å². The van der Waals surface area contributed by atoms with E-state index < -0.39 is 54.0 Å². The first-order valence-electron chi connectivity index (χ1n) is 13.1. The fourth-order valence-electron chi connectivity index (χ4n) is 4.36. The van der Waals surface area contributed by atoms with Gasteiger partial charge in [-0.2, -0.15) is 0 Å². The van der Waals surface area contributed by atoms with Crippen LogP contribution in [0.5, 0.6) is 0 Å². The molecule has 3 amide bonds. The lowest BCUT2D eigenvalue weighted by atomic mass is 10.0. The van der Waals surface area contributed by atoms with Crippen molar-refractivity contribution in [2.75, 3.05) is 0 Å². The molecule has 13 nitrogen and oxygen atoms in total. The molecule has 3 rings (SSSR count). The summed E-state index contributed by atoms with van der Waals surface area (Å²) in [5.74, 6) is -3.33. The molecule has 216 valence electrons. The number of nitrogens with two attached hydrogens (primary N) is 1. The maximum absolute atomic E-state index is 13.3. The van der Waals surface area contributed by atoms with Crippen LogP contribution in [0.15, 0.2) is 43.0 Å². The number of aliphatic carboxylic acids is 1. The van der Waals surface area contributed by atoms with E-state index in [1.165, 1.54) is 19.4 Å². The van der Waals surface area contributed by atoms with E-state index in [1.54, 1.807) is 6.20 Å². The number of nitrogens with one attached hydrogen (secondary N) is 5. The summed E-state index contributed by atoms with van der Waals surface area (Å²) in [6.45, 7) is 5.12. The molecule has 0 fully saturated rings. The molecule has 3 aromatic rings. The average Bonchev–Trinajstić information content (AvgIpc) is 3.55. The molecule has 0 aliphatic heterocycles. The summed E-state index contributed by atoms with van der Waals surface area (Å²) in [5.41, 5.74) is 8.03. The summed E-state index contributed by atoms with van der Waals surface area (Å²) in [6.07, 6.45) is 3.59. The molecule has 0 saturated carbocycles. The van der Waals surface area contributed by atoms with Crippen LogP contribution >= 0.6 is 0 Å². The number of amides is 3. The number of carboxylic acid groups (broad SMARTS) is 1. The van der Waals surface area contributed by atoms with Crippen LogP contribution in [0.4, 0.5) is 0 Å². The average molecular weight is 556 g/mol. The van der Waals surface area contributed by atoms with Gasteiger partial charge in [-0.3, -0.25) is 14.4 Å². The number of H-pyrrole nitrogens is 2. The number of aliphatic hydroxyl groups excluding tert-OH is 1. The van der Waals surface area contributed by atoms with Gasteiger partial charge in [-0.25, -0.2) is 9.78 Å². The predicted molar refractivity (Wildman–Crippen MR) is 147 cm³/mol. The maximum atomic E-state index is 13.3. The van der Waals surface area contributed by atoms with Crippen molar-refractivity contribution in [1.82, 2.24) is 30.9 Å². The molecule has 9 N–H and O–H groups in total. The minimum absolute atomic E-state index is 0.0123. The fraction of sp³-hybridized carbons (Fsp3) is 0.444. The summed E-state index contributed by atoms with van der Waals surface area (Å²) in [6, 6.07) is 2.51. The minimum Gasteiger partial charge on any atom is -0.480 e. The predicted octanol–water partition coefficient (Wildman–Crippen LogP) is -0.0306. The van der Waals surface area contributed by atoms with Crippen LogP contribution in [0.3, 0.4) is 0 Å². The second-order valence-corrected chi connectivity index (χ2v) is 10.3. The third-order valence-electron chi connectivity index (χ3n) is 6.45. The zero-order valence-electron chi connectivity index (χ0n) is 22.7. The van der Waals surface area contributed by atoms with Gasteiger partial charge in [-0.05, 0) is 30.9 Å². The molecule has 5 atom stereocenters. The highest BCUT2D eigenvalue weighted by Gasteiger charge is 2.33. The number of aromatic nitrogens is 3. The minimum atomic E-state index is -1.50. The number of carbonyl (C=O) groups excluding carboxylic acids is 3. The molecule has 0 saturated heterocycles. The van der Waals surface area contributed by atoms with E-state index in [0.29, 0.717) is 17.7 Å². The van der Waals surface area contributed by atoms with Gasteiger partial charge in [0.1, 0.15) is 18.1 Å². The van der Waals surface area contributed by atoms with Gasteiger partial charge < -0.3 is 41.9 Å². The number of benzene rings is 1. The second kappa shape index (κ2) is 13.7. The van der Waals surface area contributed by atoms with E-state index in [0.717, 1.165) is 10.9 Å². The van der Waals surface area contributed by atoms with Gasteiger partial charge in [0.05, 0.1) is 18.5 Å². The largest absolute Gasteiger partial charge is 0.480 e. The smallest absolute Gasteiger partial charge is 0.326 e. The Kier molecular flexibility index (Phi) is 10.4. The maximum Gasteiger partial charge on any atom is 0.326 e. The molecule has 1 aromatic carbocycles. The highest BCUT2D eigenvalue weighted by molar-refractivity contribution is 5.94. The molecule has 13 heteroatoms. The molecule has 5 unspecified atom stereocenters. The van der Waals surface area contributed by atoms with Crippen LogP contribution in [-0.2, 0) is 32.0 Å². The van der Waals surface area contributed by atoms with Crippen molar-refractivity contribution < 1.29 is 29.4 Å². The summed E-state index contributed by atoms with van der Waals surface area (Å²) in [5, 5.41) is 28.4. The van der Waals surface area contributed by atoms with E-state index in [-0.39, 0.29) is 18.8 Å². The molecule has 0 spiro atoms. The highest BCUT2D eigenvalue weighted by atomic mass is 16.4. The monoisotopic (exact) mass is 555 g/mol. The van der Waals surface area contributed by atoms with Crippen molar-refractivity contribution in [3.05, 3.63) is 54.2 Å². The van der Waals surface area contributed by atoms with E-state index in [1.807, 2.05) is 38.1 Å². The first kappa shape index (κ1) is 30.3. The number of fused-ring (bicyclic) bond motifs is 1. The van der Waals surface area contributed by atoms with Gasteiger partial charge in [0.25, 0.3) is 0 Å². The lowest BCUT2D eigenvalue weighted by Crippen LogP contribution is -2.60. The van der Waals surface area contributed by atoms with Gasteiger partial charge in [0.15, 0.2) is 0 Å². The summed E-state index contributed by atoms with van der Waals surface area (Å²) in [7, 11) is 0. The number of rotatable bonds is 14. The Bertz CT molecular complexity index is 1300. The van der Waals surface area contributed by atoms with Crippen LogP contribution in [0.2, 0.25) is 0 Å². The number of para-hydroxylation sites is 1. The van der Waals surface area contributed by atoms with Crippen molar-refractivity contribution in [2.45, 2.75) is 70.3 Å². The molecular formula is C27H37N7O6. The van der Waals surface area contributed by atoms with Gasteiger partial charge in [-0.1, -0.05) is 32.0 Å². The Balaban J connectivity index is 1.74. The highest BCUT2D eigenvalue weighted by Crippen LogP contribution is 2.19. The Morgan fingerprint density at radius 1 is 0.950 bits per heavy atom. The van der Waals surface area contributed by atoms with Crippen molar-refractivity contribution in [2.24, 2.45) is 11.7 Å². The molecule has 0 aliphatic rings. The summed E-state index contributed by atoms with van der Waals surface area (Å²) >= 11 is 0. The SMILES string of the molecule is CC(C)CC(N)C(=O)NC(Cc1cnc[nH]1)C(=O)NC(C(=O)NC(Cc1c[nH]c2ccccc12)C(=O)O)C(C)O. The second-order valence-electron chi connectivity index (χ2n) is 10.3. The van der Waals surface area contributed by atoms with Gasteiger partial charge in [0.2, 0.25) is 17.7 Å². The number of carbonyl (C=O) groups is 4. The van der Waals surface area contributed by atoms with E-state index in [4.69, 9.17) is 5.73 Å². The van der Waals surface area contributed by atoms with Crippen molar-refractivity contribution in [3.8, 4) is 0 Å². The van der Waals surface area contributed by atoms with Crippen LogP contribution in [0.25, 0.3) is 10.9 Å². The first-order valence-corrected chi connectivity index (χ1v) is 13.1. The standard InChI is InChI=1S/C27H37N7O6/c1-14(2)8-19(28)24(36)32-21(10-17-12-29-13-31-17)25(37)34-23(15(3)35)26(38)33-22(27(39)40)9-16-11-30-20-7-5-4-6-18(16)20/h4-7,11-15,19,21-23,30,35H,8-10,28H2,1-3H3,(H,29,31)(H,32,36)(H,33,38)(H,34,37)(H,39,40). The van der Waals surface area contributed by atoms with Crippen molar-refractivity contribution in [1.29, 1.82) is 0 Å². The molecule has 40 heavy (non-hydrogen) atoms. The molecule has 2 aromatic heterocycles. The molecule has 0 aliphatic carbocycles. The topological polar surface area (TPSA) is 215 Å². The quantitative estimate of drug-likeness (QED) is 0.135. The van der Waals surface area contributed by atoms with Gasteiger partial charge >= 0.3 is 5.97 Å². The molecule has 2 heterocycles. The Morgan fingerprint density at radius 3 is 2.27 bits per heavy atom. The molecule has 0 radical (unpaired) electrons.